The van der Waals surface area contributed by atoms with Crippen LogP contribution in [0.25, 0.3) is 0 Å². The lowest BCUT2D eigenvalue weighted by molar-refractivity contribution is 0.470. The van der Waals surface area contributed by atoms with Gasteiger partial charge in [-0.15, -0.1) is 0 Å². The number of hydrogen-bond acceptors (Lipinski definition) is 2. The number of rotatable bonds is 2. The SMILES string of the molecule is [B]c1ccc(Oc2ccc(C)nc2C)cc1F. The molecule has 0 fully saturated rings. The monoisotopic (exact) mass is 227 g/mol. The molecule has 0 aliphatic heterocycles. The number of pyridine rings is 1. The van der Waals surface area contributed by atoms with E-state index >= 15 is 0 Å². The fourth-order valence-electron chi connectivity index (χ4n) is 1.48. The lowest BCUT2D eigenvalue weighted by Crippen LogP contribution is -2.07. The van der Waals surface area contributed by atoms with Gasteiger partial charge in [-0.05, 0) is 32.0 Å². The van der Waals surface area contributed by atoms with Crippen LogP contribution in [0.2, 0.25) is 0 Å². The minimum absolute atomic E-state index is 0.108. The van der Waals surface area contributed by atoms with Gasteiger partial charge in [-0.25, -0.2) is 4.39 Å². The van der Waals surface area contributed by atoms with Gasteiger partial charge in [0.1, 0.15) is 25.2 Å². The van der Waals surface area contributed by atoms with E-state index in [1.807, 2.05) is 26.0 Å². The van der Waals surface area contributed by atoms with E-state index in [9.17, 15) is 4.39 Å². The molecule has 0 amide bonds. The van der Waals surface area contributed by atoms with Crippen molar-refractivity contribution in [1.29, 1.82) is 0 Å². The van der Waals surface area contributed by atoms with Crippen molar-refractivity contribution in [2.45, 2.75) is 13.8 Å². The van der Waals surface area contributed by atoms with Crippen molar-refractivity contribution >= 4 is 13.3 Å². The zero-order chi connectivity index (χ0) is 12.4. The zero-order valence-electron chi connectivity index (χ0n) is 9.70. The maximum Gasteiger partial charge on any atom is 0.148 e. The molecule has 1 aromatic heterocycles. The molecule has 0 saturated heterocycles. The summed E-state index contributed by atoms with van der Waals surface area (Å²) in [4.78, 5) is 4.27. The van der Waals surface area contributed by atoms with Gasteiger partial charge in [-0.3, -0.25) is 4.98 Å². The normalized spacial score (nSPS) is 10.3. The summed E-state index contributed by atoms with van der Waals surface area (Å²) < 4.78 is 18.8. The third kappa shape index (κ3) is 2.64. The summed E-state index contributed by atoms with van der Waals surface area (Å²) >= 11 is 0. The van der Waals surface area contributed by atoms with Crippen molar-refractivity contribution in [2.24, 2.45) is 0 Å². The zero-order valence-corrected chi connectivity index (χ0v) is 9.70. The maximum absolute atomic E-state index is 13.2. The molecule has 0 saturated carbocycles. The summed E-state index contributed by atoms with van der Waals surface area (Å²) in [5, 5.41) is 0. The van der Waals surface area contributed by atoms with Crippen LogP contribution in [0.4, 0.5) is 4.39 Å². The average Bonchev–Trinajstić information content (AvgIpc) is 2.27. The second kappa shape index (κ2) is 4.57. The van der Waals surface area contributed by atoms with Gasteiger partial charge in [0.05, 0.1) is 5.69 Å². The van der Waals surface area contributed by atoms with Gasteiger partial charge < -0.3 is 4.74 Å². The van der Waals surface area contributed by atoms with Crippen LogP contribution in [-0.2, 0) is 0 Å². The Bertz CT molecular complexity index is 557. The summed E-state index contributed by atoms with van der Waals surface area (Å²) in [6, 6.07) is 8.01. The van der Waals surface area contributed by atoms with Gasteiger partial charge in [0, 0.05) is 11.8 Å². The third-order valence-electron chi connectivity index (χ3n) is 2.38. The molecule has 2 radical (unpaired) electrons. The summed E-state index contributed by atoms with van der Waals surface area (Å²) in [6.45, 7) is 3.75. The first kappa shape index (κ1) is 11.6. The van der Waals surface area contributed by atoms with Gasteiger partial charge in [0.15, 0.2) is 0 Å². The number of ether oxygens (including phenoxy) is 1. The van der Waals surface area contributed by atoms with Gasteiger partial charge in [0.2, 0.25) is 0 Å². The summed E-state index contributed by atoms with van der Waals surface area (Å²) in [5.41, 5.74) is 1.79. The molecule has 0 unspecified atom stereocenters. The Hall–Kier alpha value is -1.84. The van der Waals surface area contributed by atoms with Crippen molar-refractivity contribution in [2.75, 3.05) is 0 Å². The predicted molar refractivity (Wildman–Crippen MR) is 65.6 cm³/mol. The lowest BCUT2D eigenvalue weighted by Gasteiger charge is -2.09. The van der Waals surface area contributed by atoms with E-state index in [2.05, 4.69) is 4.98 Å². The smallest absolute Gasteiger partial charge is 0.148 e. The molecule has 0 N–H and O–H groups in total. The van der Waals surface area contributed by atoms with Crippen LogP contribution in [0.15, 0.2) is 30.3 Å². The molecule has 0 aliphatic rings. The predicted octanol–water partition coefficient (Wildman–Crippen LogP) is 2.42. The molecule has 84 valence electrons. The molecule has 0 atom stereocenters. The van der Waals surface area contributed by atoms with Crippen molar-refractivity contribution in [1.82, 2.24) is 4.98 Å². The largest absolute Gasteiger partial charge is 0.455 e. The van der Waals surface area contributed by atoms with Gasteiger partial charge in [-0.1, -0.05) is 11.5 Å². The van der Waals surface area contributed by atoms with Gasteiger partial charge in [0.25, 0.3) is 0 Å². The number of aryl methyl sites for hydroxylation is 2. The summed E-state index contributed by atoms with van der Waals surface area (Å²) in [6.07, 6.45) is 0. The molecular weight excluding hydrogens is 216 g/mol. The van der Waals surface area contributed by atoms with Crippen LogP contribution >= 0.6 is 0 Å². The molecule has 1 heterocycles. The highest BCUT2D eigenvalue weighted by molar-refractivity contribution is 6.32. The van der Waals surface area contributed by atoms with Crippen molar-refractivity contribution in [3.05, 3.63) is 47.5 Å². The number of halogens is 1. The Kier molecular flexibility index (Phi) is 3.13. The van der Waals surface area contributed by atoms with Gasteiger partial charge >= 0.3 is 0 Å². The van der Waals surface area contributed by atoms with Crippen LogP contribution < -0.4 is 10.2 Å². The van der Waals surface area contributed by atoms with Crippen molar-refractivity contribution < 1.29 is 9.13 Å². The van der Waals surface area contributed by atoms with E-state index in [4.69, 9.17) is 12.6 Å². The number of nitrogens with zero attached hydrogens (tertiary/aromatic N) is 1. The Morgan fingerprint density at radius 2 is 1.94 bits per heavy atom. The number of aromatic nitrogens is 1. The molecule has 0 aliphatic carbocycles. The minimum Gasteiger partial charge on any atom is -0.455 e. The highest BCUT2D eigenvalue weighted by atomic mass is 19.1. The van der Waals surface area contributed by atoms with Crippen molar-refractivity contribution in [3.8, 4) is 11.5 Å². The first-order valence-electron chi connectivity index (χ1n) is 5.23. The molecule has 2 nitrogen and oxygen atoms in total. The second-order valence-electron chi connectivity index (χ2n) is 3.82. The summed E-state index contributed by atoms with van der Waals surface area (Å²) in [5.74, 6) is 0.533. The van der Waals surface area contributed by atoms with Gasteiger partial charge in [-0.2, -0.15) is 0 Å². The highest BCUT2D eigenvalue weighted by Gasteiger charge is 2.04. The maximum atomic E-state index is 13.2. The average molecular weight is 227 g/mol. The molecule has 0 bridgehead atoms. The Morgan fingerprint density at radius 3 is 2.59 bits per heavy atom. The molecule has 1 aromatic carbocycles. The minimum atomic E-state index is -0.486. The number of benzene rings is 1. The van der Waals surface area contributed by atoms with E-state index in [0.29, 0.717) is 11.5 Å². The fourth-order valence-corrected chi connectivity index (χ4v) is 1.48. The number of hydrogen-bond donors (Lipinski definition) is 0. The van der Waals surface area contributed by atoms with Crippen LogP contribution in [0, 0.1) is 19.7 Å². The first-order valence-corrected chi connectivity index (χ1v) is 5.23. The first-order chi connectivity index (χ1) is 8.06. The molecular formula is C13H11BFNO. The van der Waals surface area contributed by atoms with E-state index in [1.165, 1.54) is 12.1 Å². The van der Waals surface area contributed by atoms with Crippen LogP contribution in [0.1, 0.15) is 11.4 Å². The van der Waals surface area contributed by atoms with E-state index in [1.54, 1.807) is 6.07 Å². The second-order valence-corrected chi connectivity index (χ2v) is 3.82. The van der Waals surface area contributed by atoms with E-state index < -0.39 is 5.82 Å². The van der Waals surface area contributed by atoms with Crippen LogP contribution in [-0.4, -0.2) is 12.8 Å². The quantitative estimate of drug-likeness (QED) is 0.735. The van der Waals surface area contributed by atoms with E-state index in [-0.39, 0.29) is 5.46 Å². The molecule has 0 spiro atoms. The molecule has 2 aromatic rings. The lowest BCUT2D eigenvalue weighted by atomic mass is 9.96. The van der Waals surface area contributed by atoms with Crippen LogP contribution in [0.5, 0.6) is 11.5 Å². The van der Waals surface area contributed by atoms with E-state index in [0.717, 1.165) is 11.4 Å². The third-order valence-corrected chi connectivity index (χ3v) is 2.38. The van der Waals surface area contributed by atoms with Crippen molar-refractivity contribution in [3.63, 3.8) is 0 Å². The Balaban J connectivity index is 2.28. The molecule has 2 rings (SSSR count). The topological polar surface area (TPSA) is 22.1 Å². The fraction of sp³-hybridized carbons (Fsp3) is 0.154. The standard InChI is InChI=1S/C13H11BFNO/c1-8-3-6-13(9(2)16-8)17-10-4-5-11(14)12(15)7-10/h3-7H,1-2H3. The highest BCUT2D eigenvalue weighted by Crippen LogP contribution is 2.23. The van der Waals surface area contributed by atoms with Crippen LogP contribution in [0.3, 0.4) is 0 Å². The summed E-state index contributed by atoms with van der Waals surface area (Å²) in [7, 11) is 5.39. The Morgan fingerprint density at radius 1 is 1.18 bits per heavy atom. The molecule has 17 heavy (non-hydrogen) atoms. The Labute approximate surface area is 101 Å². The molecule has 4 heteroatoms.